The standard InChI is InChI=1S/C10H21N3.ClH/c1-11-6-9-2-4-13(5-3-9)10-7-12-8-10;/h9-12H,2-8H2,1H3;1H. The molecule has 2 aliphatic rings. The van der Waals surface area contributed by atoms with Crippen LogP contribution in [0.15, 0.2) is 0 Å². The fourth-order valence-corrected chi connectivity index (χ4v) is 2.34. The van der Waals surface area contributed by atoms with E-state index >= 15 is 0 Å². The zero-order valence-corrected chi connectivity index (χ0v) is 9.78. The van der Waals surface area contributed by atoms with E-state index < -0.39 is 0 Å². The largest absolute Gasteiger partial charge is 0.319 e. The lowest BCUT2D eigenvalue weighted by atomic mass is 9.95. The molecule has 4 heteroatoms. The predicted molar refractivity (Wildman–Crippen MR) is 62.1 cm³/mol. The maximum atomic E-state index is 3.34. The van der Waals surface area contributed by atoms with Crippen LogP contribution in [0, 0.1) is 5.92 Å². The minimum Gasteiger partial charge on any atom is -0.319 e. The summed E-state index contributed by atoms with van der Waals surface area (Å²) in [7, 11) is 2.06. The molecule has 0 aromatic carbocycles. The summed E-state index contributed by atoms with van der Waals surface area (Å²) in [5, 5.41) is 6.62. The van der Waals surface area contributed by atoms with Gasteiger partial charge < -0.3 is 10.6 Å². The van der Waals surface area contributed by atoms with E-state index in [0.717, 1.165) is 12.0 Å². The molecule has 0 bridgehead atoms. The number of nitrogens with one attached hydrogen (secondary N) is 2. The highest BCUT2D eigenvalue weighted by Gasteiger charge is 2.27. The summed E-state index contributed by atoms with van der Waals surface area (Å²) in [6, 6.07) is 0.857. The van der Waals surface area contributed by atoms with E-state index in [-0.39, 0.29) is 12.4 Å². The zero-order chi connectivity index (χ0) is 9.10. The van der Waals surface area contributed by atoms with E-state index in [1.807, 2.05) is 0 Å². The summed E-state index contributed by atoms with van der Waals surface area (Å²) in [6.45, 7) is 6.28. The summed E-state index contributed by atoms with van der Waals surface area (Å²) >= 11 is 0. The Kier molecular flexibility index (Phi) is 5.17. The van der Waals surface area contributed by atoms with Gasteiger partial charge in [0.15, 0.2) is 0 Å². The molecule has 2 heterocycles. The van der Waals surface area contributed by atoms with Crippen molar-refractivity contribution in [2.45, 2.75) is 18.9 Å². The lowest BCUT2D eigenvalue weighted by Gasteiger charge is -2.42. The van der Waals surface area contributed by atoms with Crippen molar-refractivity contribution in [2.75, 3.05) is 39.8 Å². The van der Waals surface area contributed by atoms with Crippen LogP contribution >= 0.6 is 12.4 Å². The first-order valence-corrected chi connectivity index (χ1v) is 5.49. The molecule has 0 spiro atoms. The van der Waals surface area contributed by atoms with Gasteiger partial charge in [-0.05, 0) is 45.4 Å². The van der Waals surface area contributed by atoms with Crippen LogP contribution in [-0.4, -0.2) is 50.7 Å². The molecule has 2 rings (SSSR count). The highest BCUT2D eigenvalue weighted by Crippen LogP contribution is 2.19. The van der Waals surface area contributed by atoms with Crippen molar-refractivity contribution in [2.24, 2.45) is 5.92 Å². The van der Waals surface area contributed by atoms with Crippen molar-refractivity contribution in [3.63, 3.8) is 0 Å². The summed E-state index contributed by atoms with van der Waals surface area (Å²) in [5.74, 6) is 0.925. The second-order valence-electron chi connectivity index (χ2n) is 4.35. The Morgan fingerprint density at radius 2 is 1.93 bits per heavy atom. The highest BCUT2D eigenvalue weighted by atomic mass is 35.5. The molecule has 0 aromatic heterocycles. The summed E-state index contributed by atoms with van der Waals surface area (Å²) < 4.78 is 0. The average molecular weight is 220 g/mol. The second-order valence-corrected chi connectivity index (χ2v) is 4.35. The molecule has 0 saturated carbocycles. The monoisotopic (exact) mass is 219 g/mol. The smallest absolute Gasteiger partial charge is 0.0345 e. The van der Waals surface area contributed by atoms with Crippen molar-refractivity contribution < 1.29 is 0 Å². The third kappa shape index (κ3) is 2.83. The fraction of sp³-hybridized carbons (Fsp3) is 1.00. The number of halogens is 1. The molecule has 2 N–H and O–H groups in total. The molecule has 0 radical (unpaired) electrons. The van der Waals surface area contributed by atoms with E-state index in [1.165, 1.54) is 45.6 Å². The fourth-order valence-electron chi connectivity index (χ4n) is 2.34. The molecule has 0 unspecified atom stereocenters. The first kappa shape index (κ1) is 12.2. The van der Waals surface area contributed by atoms with Crippen LogP contribution in [0.1, 0.15) is 12.8 Å². The molecular formula is C10H22ClN3. The molecule has 0 aliphatic carbocycles. The molecule has 0 atom stereocenters. The van der Waals surface area contributed by atoms with Crippen LogP contribution in [0.2, 0.25) is 0 Å². The SMILES string of the molecule is CNCC1CCN(C2CNC2)CC1.Cl. The Morgan fingerprint density at radius 1 is 1.29 bits per heavy atom. The van der Waals surface area contributed by atoms with Crippen molar-refractivity contribution in [1.29, 1.82) is 0 Å². The van der Waals surface area contributed by atoms with E-state index in [1.54, 1.807) is 0 Å². The Labute approximate surface area is 93.0 Å². The molecule has 14 heavy (non-hydrogen) atoms. The van der Waals surface area contributed by atoms with Gasteiger partial charge in [0, 0.05) is 19.1 Å². The minimum atomic E-state index is 0. The number of likely N-dealkylation sites (tertiary alicyclic amines) is 1. The topological polar surface area (TPSA) is 27.3 Å². The number of rotatable bonds is 3. The van der Waals surface area contributed by atoms with Crippen LogP contribution < -0.4 is 10.6 Å². The lowest BCUT2D eigenvalue weighted by Crippen LogP contribution is -2.58. The summed E-state index contributed by atoms with van der Waals surface area (Å²) in [6.07, 6.45) is 2.77. The highest BCUT2D eigenvalue weighted by molar-refractivity contribution is 5.85. The van der Waals surface area contributed by atoms with Gasteiger partial charge in [0.2, 0.25) is 0 Å². The van der Waals surface area contributed by atoms with E-state index in [2.05, 4.69) is 22.6 Å². The molecule has 2 aliphatic heterocycles. The van der Waals surface area contributed by atoms with Gasteiger partial charge in [-0.15, -0.1) is 12.4 Å². The number of hydrogen-bond acceptors (Lipinski definition) is 3. The van der Waals surface area contributed by atoms with Gasteiger partial charge in [0.05, 0.1) is 0 Å². The summed E-state index contributed by atoms with van der Waals surface area (Å²) in [5.41, 5.74) is 0. The van der Waals surface area contributed by atoms with Crippen LogP contribution in [0.5, 0.6) is 0 Å². The molecule has 3 nitrogen and oxygen atoms in total. The number of hydrogen-bond donors (Lipinski definition) is 2. The van der Waals surface area contributed by atoms with E-state index in [9.17, 15) is 0 Å². The van der Waals surface area contributed by atoms with Crippen molar-refractivity contribution in [3.8, 4) is 0 Å². The van der Waals surface area contributed by atoms with Crippen molar-refractivity contribution in [3.05, 3.63) is 0 Å². The van der Waals surface area contributed by atoms with Gasteiger partial charge in [-0.2, -0.15) is 0 Å². The van der Waals surface area contributed by atoms with Gasteiger partial charge in [0.25, 0.3) is 0 Å². The first-order valence-electron chi connectivity index (χ1n) is 5.49. The van der Waals surface area contributed by atoms with Gasteiger partial charge in [0.1, 0.15) is 0 Å². The Morgan fingerprint density at radius 3 is 2.36 bits per heavy atom. The van der Waals surface area contributed by atoms with Gasteiger partial charge in [-0.3, -0.25) is 4.90 Å². The second kappa shape index (κ2) is 5.91. The molecule has 84 valence electrons. The van der Waals surface area contributed by atoms with Crippen molar-refractivity contribution >= 4 is 12.4 Å². The molecule has 0 aromatic rings. The molecule has 2 fully saturated rings. The normalized spacial score (nSPS) is 25.5. The Balaban J connectivity index is 0.000000980. The third-order valence-electron chi connectivity index (χ3n) is 3.42. The predicted octanol–water partition coefficient (Wildman–Crippen LogP) is 0.311. The average Bonchev–Trinajstić information content (AvgIpc) is 2.06. The zero-order valence-electron chi connectivity index (χ0n) is 8.96. The van der Waals surface area contributed by atoms with Crippen LogP contribution in [0.25, 0.3) is 0 Å². The Bertz CT molecular complexity index is 153. The minimum absolute atomic E-state index is 0. The number of piperidine rings is 1. The summed E-state index contributed by atoms with van der Waals surface area (Å²) in [4.78, 5) is 2.66. The number of nitrogens with zero attached hydrogens (tertiary/aromatic N) is 1. The van der Waals surface area contributed by atoms with E-state index in [0.29, 0.717) is 0 Å². The van der Waals surface area contributed by atoms with Crippen LogP contribution in [0.4, 0.5) is 0 Å². The Hall–Kier alpha value is 0.170. The maximum absolute atomic E-state index is 3.34. The van der Waals surface area contributed by atoms with Gasteiger partial charge >= 0.3 is 0 Å². The molecule has 0 amide bonds. The lowest BCUT2D eigenvalue weighted by molar-refractivity contribution is 0.0989. The van der Waals surface area contributed by atoms with Crippen LogP contribution in [-0.2, 0) is 0 Å². The van der Waals surface area contributed by atoms with Crippen LogP contribution in [0.3, 0.4) is 0 Å². The maximum Gasteiger partial charge on any atom is 0.0345 e. The quantitative estimate of drug-likeness (QED) is 0.716. The van der Waals surface area contributed by atoms with Crippen molar-refractivity contribution in [1.82, 2.24) is 15.5 Å². The van der Waals surface area contributed by atoms with E-state index in [4.69, 9.17) is 0 Å². The van der Waals surface area contributed by atoms with Gasteiger partial charge in [-0.25, -0.2) is 0 Å². The molecule has 2 saturated heterocycles. The first-order chi connectivity index (χ1) is 6.40. The molecular weight excluding hydrogens is 198 g/mol. The third-order valence-corrected chi connectivity index (χ3v) is 3.42. The van der Waals surface area contributed by atoms with Gasteiger partial charge in [-0.1, -0.05) is 0 Å².